The number of phenols is 2. The molecular formula is C10H13NO5. The van der Waals surface area contributed by atoms with Crippen LogP contribution in [0.1, 0.15) is 10.4 Å². The molecule has 0 aliphatic heterocycles. The maximum absolute atomic E-state index is 11.4. The van der Waals surface area contributed by atoms with Crippen LogP contribution in [0.5, 0.6) is 11.5 Å². The van der Waals surface area contributed by atoms with E-state index in [1.165, 1.54) is 19.2 Å². The van der Waals surface area contributed by atoms with Gasteiger partial charge in [-0.15, -0.1) is 0 Å². The van der Waals surface area contributed by atoms with Gasteiger partial charge in [-0.1, -0.05) is 0 Å². The molecule has 0 spiro atoms. The van der Waals surface area contributed by atoms with E-state index in [-0.39, 0.29) is 23.7 Å². The maximum atomic E-state index is 11.4. The first kappa shape index (κ1) is 12.3. The third kappa shape index (κ3) is 3.41. The molecule has 0 saturated heterocycles. The number of carbonyl (C=O) groups excluding carboxylic acids is 1. The minimum Gasteiger partial charge on any atom is -0.508 e. The first-order valence-corrected chi connectivity index (χ1v) is 4.58. The molecule has 0 unspecified atom stereocenters. The van der Waals surface area contributed by atoms with Crippen molar-refractivity contribution in [2.24, 2.45) is 0 Å². The molecule has 1 aromatic rings. The number of nitrogens with one attached hydrogen (secondary N) is 1. The van der Waals surface area contributed by atoms with Crippen LogP contribution < -0.4 is 5.48 Å². The number of hydrogen-bond donors (Lipinski definition) is 3. The lowest BCUT2D eigenvalue weighted by atomic mass is 10.2. The second kappa shape index (κ2) is 5.94. The number of aromatic hydroxyl groups is 2. The van der Waals surface area contributed by atoms with Gasteiger partial charge in [-0.3, -0.25) is 9.63 Å². The highest BCUT2D eigenvalue weighted by atomic mass is 16.7. The van der Waals surface area contributed by atoms with E-state index < -0.39 is 5.91 Å². The summed E-state index contributed by atoms with van der Waals surface area (Å²) in [6.07, 6.45) is 0. The zero-order chi connectivity index (χ0) is 12.0. The fourth-order valence-electron chi connectivity index (χ4n) is 1.00. The molecule has 0 atom stereocenters. The van der Waals surface area contributed by atoms with Gasteiger partial charge in [-0.05, 0) is 18.2 Å². The van der Waals surface area contributed by atoms with Crippen LogP contribution in [0.2, 0.25) is 0 Å². The summed E-state index contributed by atoms with van der Waals surface area (Å²) in [7, 11) is 1.51. The number of carbonyl (C=O) groups is 1. The standard InChI is InChI=1S/C10H13NO5/c1-15-4-5-16-11-10(14)8-6-7(12)2-3-9(8)13/h2-3,6,12-13H,4-5H2,1H3,(H,11,14). The van der Waals surface area contributed by atoms with Crippen LogP contribution >= 0.6 is 0 Å². The Balaban J connectivity index is 2.55. The van der Waals surface area contributed by atoms with Gasteiger partial charge < -0.3 is 14.9 Å². The first-order valence-electron chi connectivity index (χ1n) is 4.58. The molecule has 1 aromatic carbocycles. The van der Waals surface area contributed by atoms with Crippen molar-refractivity contribution in [1.29, 1.82) is 0 Å². The number of phenolic OH excluding ortho intramolecular Hbond substituents is 2. The Kier molecular flexibility index (Phi) is 4.56. The Morgan fingerprint density at radius 1 is 1.38 bits per heavy atom. The predicted molar refractivity (Wildman–Crippen MR) is 55.1 cm³/mol. The van der Waals surface area contributed by atoms with E-state index in [1.807, 2.05) is 0 Å². The number of rotatable bonds is 5. The summed E-state index contributed by atoms with van der Waals surface area (Å²) in [5.41, 5.74) is 2.05. The molecule has 0 radical (unpaired) electrons. The Bertz CT molecular complexity index is 366. The Morgan fingerprint density at radius 2 is 2.12 bits per heavy atom. The fraction of sp³-hybridized carbons (Fsp3) is 0.300. The number of ether oxygens (including phenoxy) is 1. The van der Waals surface area contributed by atoms with E-state index in [2.05, 4.69) is 5.48 Å². The average Bonchev–Trinajstić information content (AvgIpc) is 2.27. The highest BCUT2D eigenvalue weighted by molar-refractivity contribution is 5.96. The normalized spacial score (nSPS) is 10.1. The highest BCUT2D eigenvalue weighted by Crippen LogP contribution is 2.21. The lowest BCUT2D eigenvalue weighted by Gasteiger charge is -2.07. The fourth-order valence-corrected chi connectivity index (χ4v) is 1.00. The van der Waals surface area contributed by atoms with E-state index in [9.17, 15) is 9.90 Å². The second-order valence-electron chi connectivity index (χ2n) is 2.97. The SMILES string of the molecule is COCCONC(=O)c1cc(O)ccc1O. The van der Waals surface area contributed by atoms with Gasteiger partial charge in [0.2, 0.25) is 0 Å². The van der Waals surface area contributed by atoms with Gasteiger partial charge in [0.05, 0.1) is 18.8 Å². The van der Waals surface area contributed by atoms with Crippen LogP contribution in [0.3, 0.4) is 0 Å². The number of benzene rings is 1. The van der Waals surface area contributed by atoms with Crippen molar-refractivity contribution in [3.63, 3.8) is 0 Å². The van der Waals surface area contributed by atoms with Crippen LogP contribution in [0, 0.1) is 0 Å². The molecule has 0 aliphatic carbocycles. The lowest BCUT2D eigenvalue weighted by Crippen LogP contribution is -2.25. The molecule has 0 fully saturated rings. The molecule has 1 amide bonds. The summed E-state index contributed by atoms with van der Waals surface area (Å²) >= 11 is 0. The molecule has 88 valence electrons. The molecule has 0 saturated carbocycles. The van der Waals surface area contributed by atoms with E-state index >= 15 is 0 Å². The zero-order valence-electron chi connectivity index (χ0n) is 8.77. The van der Waals surface area contributed by atoms with Gasteiger partial charge >= 0.3 is 0 Å². The highest BCUT2D eigenvalue weighted by Gasteiger charge is 2.11. The van der Waals surface area contributed by atoms with Crippen LogP contribution in [-0.2, 0) is 9.57 Å². The summed E-state index contributed by atoms with van der Waals surface area (Å²) in [5, 5.41) is 18.5. The van der Waals surface area contributed by atoms with Crippen LogP contribution in [0.15, 0.2) is 18.2 Å². The molecule has 16 heavy (non-hydrogen) atoms. The number of hydroxylamine groups is 1. The number of methoxy groups -OCH3 is 1. The summed E-state index contributed by atoms with van der Waals surface area (Å²) in [4.78, 5) is 16.2. The van der Waals surface area contributed by atoms with E-state index in [1.54, 1.807) is 0 Å². The van der Waals surface area contributed by atoms with Gasteiger partial charge in [0.25, 0.3) is 5.91 Å². The number of amides is 1. The first-order chi connectivity index (χ1) is 7.65. The summed E-state index contributed by atoms with van der Waals surface area (Å²) in [6, 6.07) is 3.64. The molecule has 0 aromatic heterocycles. The lowest BCUT2D eigenvalue weighted by molar-refractivity contribution is 0.00873. The molecule has 6 nitrogen and oxygen atoms in total. The van der Waals surface area contributed by atoms with Crippen molar-refractivity contribution in [3.05, 3.63) is 23.8 Å². The largest absolute Gasteiger partial charge is 0.508 e. The van der Waals surface area contributed by atoms with Crippen molar-refractivity contribution >= 4 is 5.91 Å². The van der Waals surface area contributed by atoms with Gasteiger partial charge in [0, 0.05) is 7.11 Å². The quantitative estimate of drug-likeness (QED) is 0.385. The molecule has 6 heteroatoms. The van der Waals surface area contributed by atoms with Crippen LogP contribution in [0.4, 0.5) is 0 Å². The van der Waals surface area contributed by atoms with Crippen molar-refractivity contribution in [2.45, 2.75) is 0 Å². The monoisotopic (exact) mass is 227 g/mol. The van der Waals surface area contributed by atoms with Gasteiger partial charge in [0.1, 0.15) is 11.5 Å². The summed E-state index contributed by atoms with van der Waals surface area (Å²) < 4.78 is 4.71. The molecule has 0 aliphatic rings. The minimum absolute atomic E-state index is 0.0579. The van der Waals surface area contributed by atoms with Gasteiger partial charge in [0.15, 0.2) is 0 Å². The molecule has 1 rings (SSSR count). The third-order valence-electron chi connectivity index (χ3n) is 1.78. The van der Waals surface area contributed by atoms with E-state index in [4.69, 9.17) is 14.7 Å². The van der Waals surface area contributed by atoms with Crippen LogP contribution in [-0.4, -0.2) is 36.4 Å². The smallest absolute Gasteiger partial charge is 0.278 e. The average molecular weight is 227 g/mol. The van der Waals surface area contributed by atoms with Crippen molar-refractivity contribution in [1.82, 2.24) is 5.48 Å². The van der Waals surface area contributed by atoms with E-state index in [0.717, 1.165) is 6.07 Å². The number of hydrogen-bond acceptors (Lipinski definition) is 5. The van der Waals surface area contributed by atoms with Gasteiger partial charge in [-0.2, -0.15) is 0 Å². The molecule has 0 heterocycles. The van der Waals surface area contributed by atoms with Crippen molar-refractivity contribution in [3.8, 4) is 11.5 Å². The van der Waals surface area contributed by atoms with Crippen molar-refractivity contribution < 1.29 is 24.6 Å². The Hall–Kier alpha value is -1.79. The topological polar surface area (TPSA) is 88.0 Å². The van der Waals surface area contributed by atoms with E-state index in [0.29, 0.717) is 6.61 Å². The Morgan fingerprint density at radius 3 is 2.81 bits per heavy atom. The van der Waals surface area contributed by atoms with Crippen molar-refractivity contribution in [2.75, 3.05) is 20.3 Å². The molecule has 0 bridgehead atoms. The Labute approximate surface area is 92.4 Å². The van der Waals surface area contributed by atoms with Gasteiger partial charge in [-0.25, -0.2) is 5.48 Å². The predicted octanol–water partition coefficient (Wildman–Crippen LogP) is 0.406. The summed E-state index contributed by atoms with van der Waals surface area (Å²) in [5.74, 6) is -0.977. The third-order valence-corrected chi connectivity index (χ3v) is 1.78. The summed E-state index contributed by atoms with van der Waals surface area (Å²) in [6.45, 7) is 0.536. The van der Waals surface area contributed by atoms with Crippen LogP contribution in [0.25, 0.3) is 0 Å². The minimum atomic E-state index is -0.635. The molecule has 3 N–H and O–H groups in total. The second-order valence-corrected chi connectivity index (χ2v) is 2.97. The maximum Gasteiger partial charge on any atom is 0.278 e. The zero-order valence-corrected chi connectivity index (χ0v) is 8.77. The molecular weight excluding hydrogens is 214 g/mol.